The van der Waals surface area contributed by atoms with Crippen molar-refractivity contribution in [3.05, 3.63) is 47.0 Å². The Hall–Kier alpha value is -2.91. The van der Waals surface area contributed by atoms with Crippen molar-refractivity contribution >= 4 is 33.2 Å². The van der Waals surface area contributed by atoms with E-state index in [1.165, 1.54) is 10.4 Å². The molecule has 0 bridgehead atoms. The fourth-order valence-corrected chi connectivity index (χ4v) is 5.99. The van der Waals surface area contributed by atoms with Crippen LogP contribution in [0.1, 0.15) is 36.5 Å². The molecule has 0 spiro atoms. The minimum absolute atomic E-state index is 0.115. The molecular weight excluding hydrogens is 442 g/mol. The van der Waals surface area contributed by atoms with Crippen molar-refractivity contribution in [2.45, 2.75) is 51.5 Å². The van der Waals surface area contributed by atoms with Gasteiger partial charge in [-0.2, -0.15) is 4.31 Å². The maximum absolute atomic E-state index is 13.5. The summed E-state index contributed by atoms with van der Waals surface area (Å²) in [6.07, 6.45) is 0.514. The molecule has 0 aliphatic carbocycles. The average Bonchev–Trinajstić information content (AvgIpc) is 2.77. The lowest BCUT2D eigenvalue weighted by Crippen LogP contribution is -2.44. The Morgan fingerprint density at radius 1 is 1.15 bits per heavy atom. The van der Waals surface area contributed by atoms with Crippen LogP contribution in [0.3, 0.4) is 0 Å². The van der Waals surface area contributed by atoms with Gasteiger partial charge in [0.25, 0.3) is 5.91 Å². The van der Waals surface area contributed by atoms with E-state index in [0.717, 1.165) is 16.8 Å². The quantitative estimate of drug-likeness (QED) is 0.711. The predicted octanol–water partition coefficient (Wildman–Crippen LogP) is 3.37. The summed E-state index contributed by atoms with van der Waals surface area (Å²) in [5.41, 5.74) is 3.71. The molecule has 2 heterocycles. The highest BCUT2D eigenvalue weighted by molar-refractivity contribution is 7.89. The highest BCUT2D eigenvalue weighted by atomic mass is 32.2. The maximum Gasteiger partial charge on any atom is 0.265 e. The van der Waals surface area contributed by atoms with Crippen molar-refractivity contribution < 1.29 is 22.7 Å². The minimum atomic E-state index is -3.85. The summed E-state index contributed by atoms with van der Waals surface area (Å²) in [6, 6.07) is 8.93. The number of aryl methyl sites for hydroxylation is 3. The Morgan fingerprint density at radius 3 is 2.67 bits per heavy atom. The van der Waals surface area contributed by atoms with Gasteiger partial charge in [-0.1, -0.05) is 12.1 Å². The molecule has 0 saturated carbocycles. The number of amides is 2. The fourth-order valence-electron chi connectivity index (χ4n) is 4.24. The standard InChI is InChI=1S/C24H29N3O5S/c1-14-7-8-15(2)19(10-14)25-24(29)18-6-5-9-27(13-18)33(30,31)22-12-21-20(11-16(22)3)26-23(28)17(4)32-21/h7-8,10-12,17-18H,5-6,9,13H2,1-4H3,(H,25,29)(H,26,28)/t17-,18-/m0/s1. The Kier molecular flexibility index (Phi) is 6.20. The normalized spacial score (nSPS) is 21.0. The van der Waals surface area contributed by atoms with E-state index in [1.54, 1.807) is 19.9 Å². The molecule has 0 aromatic heterocycles. The molecule has 2 aromatic rings. The first kappa shape index (κ1) is 23.3. The van der Waals surface area contributed by atoms with Gasteiger partial charge < -0.3 is 15.4 Å². The number of anilines is 2. The number of nitrogens with one attached hydrogen (secondary N) is 2. The molecule has 2 aromatic carbocycles. The highest BCUT2D eigenvalue weighted by Crippen LogP contribution is 2.36. The van der Waals surface area contributed by atoms with E-state index >= 15 is 0 Å². The Balaban J connectivity index is 1.55. The summed E-state index contributed by atoms with van der Waals surface area (Å²) in [6.45, 7) is 7.64. The summed E-state index contributed by atoms with van der Waals surface area (Å²) in [7, 11) is -3.85. The van der Waals surface area contributed by atoms with Crippen LogP contribution in [-0.2, 0) is 19.6 Å². The van der Waals surface area contributed by atoms with Gasteiger partial charge in [-0.15, -0.1) is 0 Å². The van der Waals surface area contributed by atoms with Gasteiger partial charge in [0, 0.05) is 24.8 Å². The van der Waals surface area contributed by atoms with Gasteiger partial charge in [0.05, 0.1) is 16.5 Å². The summed E-state index contributed by atoms with van der Waals surface area (Å²) in [4.78, 5) is 25.0. The molecule has 4 rings (SSSR count). The lowest BCUT2D eigenvalue weighted by Gasteiger charge is -2.32. The number of rotatable bonds is 4. The lowest BCUT2D eigenvalue weighted by molar-refractivity contribution is -0.123. The van der Waals surface area contributed by atoms with Gasteiger partial charge in [-0.25, -0.2) is 8.42 Å². The van der Waals surface area contributed by atoms with Crippen molar-refractivity contribution in [3.8, 4) is 5.75 Å². The van der Waals surface area contributed by atoms with E-state index in [9.17, 15) is 18.0 Å². The smallest absolute Gasteiger partial charge is 0.265 e. The second-order valence-corrected chi connectivity index (χ2v) is 10.8. The summed E-state index contributed by atoms with van der Waals surface area (Å²) in [5, 5.41) is 5.71. The van der Waals surface area contributed by atoms with Crippen molar-refractivity contribution in [1.29, 1.82) is 0 Å². The number of carbonyl (C=O) groups excluding carboxylic acids is 2. The van der Waals surface area contributed by atoms with Gasteiger partial charge >= 0.3 is 0 Å². The monoisotopic (exact) mass is 471 g/mol. The number of ether oxygens (including phenoxy) is 1. The number of carbonyl (C=O) groups is 2. The zero-order chi connectivity index (χ0) is 23.9. The van der Waals surface area contributed by atoms with Gasteiger partial charge in [0.15, 0.2) is 6.10 Å². The van der Waals surface area contributed by atoms with Crippen molar-refractivity contribution in [2.75, 3.05) is 23.7 Å². The molecular formula is C24H29N3O5S. The molecule has 2 amide bonds. The summed E-state index contributed by atoms with van der Waals surface area (Å²) in [5.74, 6) is -0.564. The van der Waals surface area contributed by atoms with E-state index < -0.39 is 22.0 Å². The van der Waals surface area contributed by atoms with Crippen LogP contribution in [0.2, 0.25) is 0 Å². The molecule has 2 aliphatic rings. The minimum Gasteiger partial charge on any atom is -0.479 e. The molecule has 176 valence electrons. The zero-order valence-electron chi connectivity index (χ0n) is 19.3. The highest BCUT2D eigenvalue weighted by Gasteiger charge is 2.35. The summed E-state index contributed by atoms with van der Waals surface area (Å²) >= 11 is 0. The molecule has 0 radical (unpaired) electrons. The number of hydrogen-bond acceptors (Lipinski definition) is 5. The number of benzene rings is 2. The first-order valence-electron chi connectivity index (χ1n) is 11.1. The third-order valence-electron chi connectivity index (χ3n) is 6.23. The van der Waals surface area contributed by atoms with E-state index in [4.69, 9.17) is 4.74 Å². The second-order valence-electron chi connectivity index (χ2n) is 8.87. The van der Waals surface area contributed by atoms with Crippen LogP contribution in [0.15, 0.2) is 35.2 Å². The molecule has 9 heteroatoms. The SMILES string of the molecule is Cc1ccc(C)c(NC(=O)[C@H]2CCCN(S(=O)(=O)c3cc4c(cc3C)NC(=O)[C@H](C)O4)C2)c1. The molecule has 33 heavy (non-hydrogen) atoms. The first-order valence-corrected chi connectivity index (χ1v) is 12.5. The number of fused-ring (bicyclic) bond motifs is 1. The predicted molar refractivity (Wildman–Crippen MR) is 126 cm³/mol. The van der Waals surface area contributed by atoms with Gasteiger partial charge in [0.2, 0.25) is 15.9 Å². The average molecular weight is 472 g/mol. The second kappa shape index (κ2) is 8.79. The molecule has 2 N–H and O–H groups in total. The van der Waals surface area contributed by atoms with Crippen molar-refractivity contribution in [1.82, 2.24) is 4.31 Å². The number of hydrogen-bond donors (Lipinski definition) is 2. The van der Waals surface area contributed by atoms with E-state index in [0.29, 0.717) is 36.4 Å². The maximum atomic E-state index is 13.5. The third-order valence-corrected chi connectivity index (χ3v) is 8.24. The number of nitrogens with zero attached hydrogens (tertiary/aromatic N) is 1. The van der Waals surface area contributed by atoms with Crippen LogP contribution in [0, 0.1) is 26.7 Å². The van der Waals surface area contributed by atoms with E-state index in [1.807, 2.05) is 32.0 Å². The van der Waals surface area contributed by atoms with Crippen molar-refractivity contribution in [2.24, 2.45) is 5.92 Å². The van der Waals surface area contributed by atoms with Crippen molar-refractivity contribution in [3.63, 3.8) is 0 Å². The molecule has 1 saturated heterocycles. The Bertz CT molecular complexity index is 1220. The van der Waals surface area contributed by atoms with Crippen LogP contribution in [0.5, 0.6) is 5.75 Å². The Labute approximate surface area is 194 Å². The van der Waals surface area contributed by atoms with Crippen LogP contribution < -0.4 is 15.4 Å². The topological polar surface area (TPSA) is 105 Å². The largest absolute Gasteiger partial charge is 0.479 e. The van der Waals surface area contributed by atoms with Crippen LogP contribution in [0.25, 0.3) is 0 Å². The van der Waals surface area contributed by atoms with Gasteiger partial charge in [-0.3, -0.25) is 9.59 Å². The molecule has 1 fully saturated rings. The molecule has 8 nitrogen and oxygen atoms in total. The fraction of sp³-hybridized carbons (Fsp3) is 0.417. The van der Waals surface area contributed by atoms with Crippen LogP contribution in [-0.4, -0.2) is 43.7 Å². The molecule has 0 unspecified atom stereocenters. The van der Waals surface area contributed by atoms with Gasteiger partial charge in [-0.05, 0) is 69.4 Å². The number of sulfonamides is 1. The molecule has 2 atom stereocenters. The van der Waals surface area contributed by atoms with Crippen LogP contribution in [0.4, 0.5) is 11.4 Å². The summed E-state index contributed by atoms with van der Waals surface area (Å²) < 4.78 is 34.0. The third kappa shape index (κ3) is 4.60. The van der Waals surface area contributed by atoms with E-state index in [2.05, 4.69) is 10.6 Å². The van der Waals surface area contributed by atoms with E-state index in [-0.39, 0.29) is 23.3 Å². The van der Waals surface area contributed by atoms with Gasteiger partial charge in [0.1, 0.15) is 5.75 Å². The number of piperidine rings is 1. The first-order chi connectivity index (χ1) is 15.6. The molecule has 2 aliphatic heterocycles. The van der Waals surface area contributed by atoms with Crippen LogP contribution >= 0.6 is 0 Å². The Morgan fingerprint density at radius 2 is 1.91 bits per heavy atom. The lowest BCUT2D eigenvalue weighted by atomic mass is 9.98. The zero-order valence-corrected chi connectivity index (χ0v) is 20.1.